The smallest absolute Gasteiger partial charge is 0.341 e. The Morgan fingerprint density at radius 3 is 2.90 bits per heavy atom. The van der Waals surface area contributed by atoms with Gasteiger partial charge in [0.1, 0.15) is 17.4 Å². The number of aryl methyl sites for hydroxylation is 1. The van der Waals surface area contributed by atoms with E-state index >= 15 is 0 Å². The van der Waals surface area contributed by atoms with Crippen LogP contribution in [0, 0.1) is 0 Å². The van der Waals surface area contributed by atoms with Gasteiger partial charge >= 0.3 is 5.97 Å². The summed E-state index contributed by atoms with van der Waals surface area (Å²) in [7, 11) is 1.74. The van der Waals surface area contributed by atoms with Gasteiger partial charge in [-0.2, -0.15) is 5.10 Å². The van der Waals surface area contributed by atoms with E-state index in [0.717, 1.165) is 0 Å². The predicted molar refractivity (Wildman–Crippen MR) is 72.1 cm³/mol. The number of pyridine rings is 1. The molecule has 0 fully saturated rings. The number of carbonyl (C=O) groups is 1. The quantitative estimate of drug-likeness (QED) is 0.861. The van der Waals surface area contributed by atoms with Crippen LogP contribution in [0.25, 0.3) is 11.0 Å². The molecule has 0 bridgehead atoms. The summed E-state index contributed by atoms with van der Waals surface area (Å²) in [6.45, 7) is 4.68. The molecule has 1 atom stereocenters. The van der Waals surface area contributed by atoms with Gasteiger partial charge in [-0.1, -0.05) is 0 Å². The van der Waals surface area contributed by atoms with Gasteiger partial charge in [-0.25, -0.2) is 9.78 Å². The van der Waals surface area contributed by atoms with E-state index < -0.39 is 5.97 Å². The monoisotopic (exact) mass is 279 g/mol. The molecule has 0 spiro atoms. The summed E-state index contributed by atoms with van der Waals surface area (Å²) in [5, 5.41) is 13.9. The molecule has 0 radical (unpaired) electrons. The Kier molecular flexibility index (Phi) is 4.19. The number of carboxylic acids is 1. The van der Waals surface area contributed by atoms with Crippen LogP contribution in [0.5, 0.6) is 5.75 Å². The zero-order valence-corrected chi connectivity index (χ0v) is 11.7. The van der Waals surface area contributed by atoms with Crippen LogP contribution in [-0.2, 0) is 11.8 Å². The molecule has 20 heavy (non-hydrogen) atoms. The van der Waals surface area contributed by atoms with Crippen LogP contribution in [-0.4, -0.2) is 45.2 Å². The highest BCUT2D eigenvalue weighted by Gasteiger charge is 2.20. The van der Waals surface area contributed by atoms with Crippen LogP contribution in [0.1, 0.15) is 24.2 Å². The maximum Gasteiger partial charge on any atom is 0.341 e. The number of rotatable bonds is 6. The number of hydrogen-bond acceptors (Lipinski definition) is 5. The molecule has 1 N–H and O–H groups in total. The lowest BCUT2D eigenvalue weighted by Gasteiger charge is -2.16. The van der Waals surface area contributed by atoms with Gasteiger partial charge in [0, 0.05) is 19.9 Å². The summed E-state index contributed by atoms with van der Waals surface area (Å²) in [4.78, 5) is 15.4. The molecule has 0 aromatic carbocycles. The molecule has 0 saturated carbocycles. The summed E-state index contributed by atoms with van der Waals surface area (Å²) >= 11 is 0. The van der Waals surface area contributed by atoms with Crippen molar-refractivity contribution in [2.45, 2.75) is 20.0 Å². The standard InChI is InChI=1S/C13H17N3O4/c1-4-19-7-8(2)20-11-9-6-15-16(3)12(9)14-5-10(11)13(17)18/h5-6,8H,4,7H2,1-3H3,(H,17,18). The Morgan fingerprint density at radius 1 is 1.50 bits per heavy atom. The normalized spacial score (nSPS) is 12.6. The Labute approximate surface area is 116 Å². The molecule has 7 nitrogen and oxygen atoms in total. The average molecular weight is 279 g/mol. The molecule has 0 amide bonds. The molecular formula is C13H17N3O4. The van der Waals surface area contributed by atoms with Crippen molar-refractivity contribution in [3.8, 4) is 5.75 Å². The second-order valence-electron chi connectivity index (χ2n) is 4.40. The van der Waals surface area contributed by atoms with Crippen molar-refractivity contribution in [1.82, 2.24) is 14.8 Å². The first kappa shape index (κ1) is 14.3. The van der Waals surface area contributed by atoms with Gasteiger partial charge in [0.25, 0.3) is 0 Å². The summed E-state index contributed by atoms with van der Waals surface area (Å²) < 4.78 is 12.6. The molecule has 7 heteroatoms. The van der Waals surface area contributed by atoms with Gasteiger partial charge in [-0.05, 0) is 13.8 Å². The van der Waals surface area contributed by atoms with E-state index in [-0.39, 0.29) is 17.4 Å². The van der Waals surface area contributed by atoms with Gasteiger partial charge in [0.05, 0.1) is 18.2 Å². The van der Waals surface area contributed by atoms with E-state index in [2.05, 4.69) is 10.1 Å². The largest absolute Gasteiger partial charge is 0.487 e. The van der Waals surface area contributed by atoms with Gasteiger partial charge in [-0.15, -0.1) is 0 Å². The average Bonchev–Trinajstić information content (AvgIpc) is 2.78. The van der Waals surface area contributed by atoms with E-state index in [1.165, 1.54) is 6.20 Å². The number of ether oxygens (including phenoxy) is 2. The minimum absolute atomic E-state index is 0.0221. The Morgan fingerprint density at radius 2 is 2.25 bits per heavy atom. The van der Waals surface area contributed by atoms with E-state index in [1.807, 2.05) is 13.8 Å². The number of aromatic carboxylic acids is 1. The molecule has 2 aromatic rings. The Hall–Kier alpha value is -2.15. The van der Waals surface area contributed by atoms with Gasteiger partial charge in [0.15, 0.2) is 5.65 Å². The number of hydrogen-bond donors (Lipinski definition) is 1. The van der Waals surface area contributed by atoms with E-state index in [9.17, 15) is 9.90 Å². The van der Waals surface area contributed by atoms with E-state index in [4.69, 9.17) is 9.47 Å². The van der Waals surface area contributed by atoms with Gasteiger partial charge < -0.3 is 14.6 Å². The summed E-state index contributed by atoms with van der Waals surface area (Å²) in [6, 6.07) is 0. The van der Waals surface area contributed by atoms with Crippen LogP contribution >= 0.6 is 0 Å². The SMILES string of the molecule is CCOCC(C)Oc1c(C(=O)O)cnc2c1cnn2C. The third-order valence-electron chi connectivity index (χ3n) is 2.82. The predicted octanol–water partition coefficient (Wildman–Crippen LogP) is 1.47. The molecule has 2 heterocycles. The molecule has 0 aliphatic heterocycles. The van der Waals surface area contributed by atoms with Crippen LogP contribution in [0.3, 0.4) is 0 Å². The zero-order chi connectivity index (χ0) is 14.7. The molecule has 1 unspecified atom stereocenters. The fourth-order valence-corrected chi connectivity index (χ4v) is 1.87. The maximum atomic E-state index is 11.3. The van der Waals surface area contributed by atoms with E-state index in [0.29, 0.717) is 24.2 Å². The Bertz CT molecular complexity index is 623. The van der Waals surface area contributed by atoms with Crippen molar-refractivity contribution in [2.75, 3.05) is 13.2 Å². The van der Waals surface area contributed by atoms with Crippen molar-refractivity contribution in [1.29, 1.82) is 0 Å². The lowest BCUT2D eigenvalue weighted by atomic mass is 10.2. The third-order valence-corrected chi connectivity index (χ3v) is 2.82. The van der Waals surface area contributed by atoms with Crippen LogP contribution in [0.2, 0.25) is 0 Å². The van der Waals surface area contributed by atoms with Gasteiger partial charge in [-0.3, -0.25) is 4.68 Å². The minimum Gasteiger partial charge on any atom is -0.487 e. The molecule has 108 valence electrons. The lowest BCUT2D eigenvalue weighted by Crippen LogP contribution is -2.20. The number of carboxylic acid groups (broad SMARTS) is 1. The van der Waals surface area contributed by atoms with Crippen molar-refractivity contribution in [3.05, 3.63) is 18.0 Å². The summed E-state index contributed by atoms with van der Waals surface area (Å²) in [6.07, 6.45) is 2.57. The first-order valence-corrected chi connectivity index (χ1v) is 6.33. The molecular weight excluding hydrogens is 262 g/mol. The number of fused-ring (bicyclic) bond motifs is 1. The maximum absolute atomic E-state index is 11.3. The molecule has 0 saturated heterocycles. The number of nitrogens with zero attached hydrogens (tertiary/aromatic N) is 3. The van der Waals surface area contributed by atoms with Crippen LogP contribution < -0.4 is 4.74 Å². The highest BCUT2D eigenvalue weighted by Crippen LogP contribution is 2.29. The first-order valence-electron chi connectivity index (χ1n) is 6.33. The zero-order valence-electron chi connectivity index (χ0n) is 11.7. The molecule has 2 aromatic heterocycles. The minimum atomic E-state index is -1.08. The summed E-state index contributed by atoms with van der Waals surface area (Å²) in [5.74, 6) is -0.801. The highest BCUT2D eigenvalue weighted by atomic mass is 16.5. The van der Waals surface area contributed by atoms with Crippen molar-refractivity contribution in [2.24, 2.45) is 7.05 Å². The summed E-state index contributed by atoms with van der Waals surface area (Å²) in [5.41, 5.74) is 0.599. The highest BCUT2D eigenvalue weighted by molar-refractivity contribution is 5.97. The van der Waals surface area contributed by atoms with Crippen LogP contribution in [0.15, 0.2) is 12.4 Å². The van der Waals surface area contributed by atoms with Crippen molar-refractivity contribution in [3.63, 3.8) is 0 Å². The number of aromatic nitrogens is 3. The molecule has 0 aliphatic rings. The van der Waals surface area contributed by atoms with Gasteiger partial charge in [0.2, 0.25) is 0 Å². The molecule has 2 rings (SSSR count). The van der Waals surface area contributed by atoms with E-state index in [1.54, 1.807) is 17.9 Å². The fraction of sp³-hybridized carbons (Fsp3) is 0.462. The second-order valence-corrected chi connectivity index (χ2v) is 4.40. The van der Waals surface area contributed by atoms with Crippen molar-refractivity contribution >= 4 is 17.0 Å². The van der Waals surface area contributed by atoms with Crippen molar-refractivity contribution < 1.29 is 19.4 Å². The molecule has 0 aliphatic carbocycles. The lowest BCUT2D eigenvalue weighted by molar-refractivity contribution is 0.0612. The second kappa shape index (κ2) is 5.87. The van der Waals surface area contributed by atoms with Crippen LogP contribution in [0.4, 0.5) is 0 Å². The first-order chi connectivity index (χ1) is 9.54. The topological polar surface area (TPSA) is 86.5 Å². The fourth-order valence-electron chi connectivity index (χ4n) is 1.87. The third kappa shape index (κ3) is 2.72. The Balaban J connectivity index is 2.41.